The monoisotopic (exact) mass is 522 g/mol. The summed E-state index contributed by atoms with van der Waals surface area (Å²) in [6.07, 6.45) is -5.49. The Kier molecular flexibility index (Phi) is 6.70. The van der Waals surface area contributed by atoms with Crippen molar-refractivity contribution in [3.8, 4) is 0 Å². The highest BCUT2D eigenvalue weighted by Crippen LogP contribution is 2.68. The summed E-state index contributed by atoms with van der Waals surface area (Å²) in [5.41, 5.74) is 6.00. The summed E-state index contributed by atoms with van der Waals surface area (Å²) in [5, 5.41) is 14.3. The lowest BCUT2D eigenvalue weighted by Gasteiger charge is -2.31. The first-order valence-electron chi connectivity index (χ1n) is 8.52. The second-order valence-corrected chi connectivity index (χ2v) is 10.8. The molecule has 2 aromatic heterocycles. The second-order valence-electron chi connectivity index (χ2n) is 6.48. The lowest BCUT2D eigenvalue weighted by atomic mass is 10.0. The van der Waals surface area contributed by atoms with Crippen molar-refractivity contribution in [2.45, 2.75) is 37.5 Å². The Morgan fingerprint density at radius 1 is 1.22 bits per heavy atom. The molecule has 1 aliphatic rings. The predicted octanol–water partition coefficient (Wildman–Crippen LogP) is 0.531. The fourth-order valence-corrected chi connectivity index (χ4v) is 6.40. The first-order valence-corrected chi connectivity index (χ1v) is 13.0. The van der Waals surface area contributed by atoms with E-state index in [0.29, 0.717) is 0 Å². The number of phosphoric acid groups is 3. The topological polar surface area (TPSA) is 245 Å². The third kappa shape index (κ3) is 5.09. The number of anilines is 1. The maximum Gasteiger partial charge on any atom is 0.490 e. The molecular weight excluding hydrogens is 504 g/mol. The molecule has 2 unspecified atom stereocenters. The number of nitrogens with two attached hydrogens (primary N) is 1. The lowest BCUT2D eigenvalue weighted by molar-refractivity contribution is -0.219. The second kappa shape index (κ2) is 8.47. The van der Waals surface area contributed by atoms with Gasteiger partial charge in [0.05, 0.1) is 5.69 Å². The Morgan fingerprint density at radius 2 is 1.88 bits per heavy atom. The number of hydrogen-bond acceptors (Lipinski definition) is 11. The Bertz CT molecular complexity index is 1160. The van der Waals surface area contributed by atoms with Gasteiger partial charge in [0.1, 0.15) is 24.1 Å². The van der Waals surface area contributed by atoms with E-state index in [4.69, 9.17) is 20.3 Å². The Morgan fingerprint density at radius 3 is 2.47 bits per heavy atom. The molecule has 0 aliphatic carbocycles. The van der Waals surface area contributed by atoms with Gasteiger partial charge in [0.25, 0.3) is 0 Å². The highest BCUT2D eigenvalue weighted by atomic mass is 31.3. The van der Waals surface area contributed by atoms with Crippen LogP contribution in [0.2, 0.25) is 0 Å². The Hall–Kier alpha value is -1.32. The van der Waals surface area contributed by atoms with E-state index < -0.39 is 54.1 Å². The van der Waals surface area contributed by atoms with Crippen molar-refractivity contribution in [2.75, 3.05) is 5.73 Å². The summed E-state index contributed by atoms with van der Waals surface area (Å²) >= 11 is 0. The standard InChI is InChI=1S/C12H18FN4O12P3/c1-2-12(27-31(22,23)29-32(24,25)28-30(19,20)21)10(18)8(13)9(26-12)6-3-4-7-11(14)15-5-16-17(6)7/h3-5,8-10,18H,2H2,1H3,(H,22,23)(H,24,25)(H2,14,15,16)(H2,19,20,21)/t8-,9-,10-,12+/m0/s1. The summed E-state index contributed by atoms with van der Waals surface area (Å²) in [4.78, 5) is 40.0. The number of aliphatic hydroxyl groups excluding tert-OH is 1. The molecule has 6 atom stereocenters. The van der Waals surface area contributed by atoms with Crippen LogP contribution in [0, 0.1) is 0 Å². The number of halogens is 1. The number of fused-ring (bicyclic) bond motifs is 1. The maximum absolute atomic E-state index is 15.0. The van der Waals surface area contributed by atoms with Crippen LogP contribution >= 0.6 is 23.5 Å². The van der Waals surface area contributed by atoms with Crippen LogP contribution < -0.4 is 5.73 Å². The summed E-state index contributed by atoms with van der Waals surface area (Å²) in [5.74, 6) is -2.53. The molecule has 20 heteroatoms. The number of nitrogens with zero attached hydrogens (tertiary/aromatic N) is 3. The van der Waals surface area contributed by atoms with E-state index in [9.17, 15) is 28.6 Å². The van der Waals surface area contributed by atoms with E-state index in [2.05, 4.69) is 23.2 Å². The third-order valence-electron chi connectivity index (χ3n) is 4.35. The van der Waals surface area contributed by atoms with Gasteiger partial charge in [0.2, 0.25) is 5.79 Å². The lowest BCUT2D eigenvalue weighted by Crippen LogP contribution is -2.43. The van der Waals surface area contributed by atoms with Crippen LogP contribution in [-0.4, -0.2) is 57.3 Å². The average Bonchev–Trinajstić information content (AvgIpc) is 3.14. The molecule has 0 saturated carbocycles. The molecule has 3 rings (SSSR count). The fraction of sp³-hybridized carbons (Fsp3) is 0.500. The van der Waals surface area contributed by atoms with E-state index in [1.54, 1.807) is 0 Å². The van der Waals surface area contributed by atoms with Crippen LogP contribution in [-0.2, 0) is 31.6 Å². The first kappa shape index (κ1) is 25.3. The molecular formula is C12H18FN4O12P3. The van der Waals surface area contributed by atoms with Gasteiger partial charge >= 0.3 is 23.5 Å². The van der Waals surface area contributed by atoms with Crippen molar-refractivity contribution < 1.29 is 60.6 Å². The minimum absolute atomic E-state index is 0.0194. The minimum atomic E-state index is -5.84. The van der Waals surface area contributed by atoms with Crippen molar-refractivity contribution in [2.24, 2.45) is 0 Å². The number of rotatable bonds is 8. The molecule has 7 N–H and O–H groups in total. The molecule has 0 spiro atoms. The number of aromatic nitrogens is 3. The molecule has 16 nitrogen and oxygen atoms in total. The van der Waals surface area contributed by atoms with Crippen LogP contribution in [0.4, 0.5) is 10.2 Å². The first-order chi connectivity index (χ1) is 14.6. The normalized spacial score (nSPS) is 30.3. The third-order valence-corrected chi connectivity index (χ3v) is 8.22. The molecule has 32 heavy (non-hydrogen) atoms. The van der Waals surface area contributed by atoms with E-state index >= 15 is 4.39 Å². The largest absolute Gasteiger partial charge is 0.490 e. The van der Waals surface area contributed by atoms with Crippen LogP contribution in [0.3, 0.4) is 0 Å². The highest BCUT2D eigenvalue weighted by molar-refractivity contribution is 7.66. The number of aliphatic hydroxyl groups is 1. The van der Waals surface area contributed by atoms with Crippen molar-refractivity contribution in [1.29, 1.82) is 0 Å². The van der Waals surface area contributed by atoms with Gasteiger partial charge in [-0.25, -0.2) is 27.6 Å². The number of alkyl halides is 1. The van der Waals surface area contributed by atoms with E-state index in [1.807, 2.05) is 0 Å². The van der Waals surface area contributed by atoms with Gasteiger partial charge in [0.15, 0.2) is 12.0 Å². The Labute approximate surface area is 178 Å². The summed E-state index contributed by atoms with van der Waals surface area (Å²) in [6.45, 7) is 1.26. The summed E-state index contributed by atoms with van der Waals surface area (Å²) in [7, 11) is -17.2. The number of phosphoric ester groups is 1. The van der Waals surface area contributed by atoms with Crippen molar-refractivity contribution >= 4 is 34.8 Å². The van der Waals surface area contributed by atoms with Crippen molar-refractivity contribution in [1.82, 2.24) is 14.6 Å². The highest BCUT2D eigenvalue weighted by Gasteiger charge is 2.60. The zero-order chi connectivity index (χ0) is 24.1. The summed E-state index contributed by atoms with van der Waals surface area (Å²) < 4.78 is 68.0. The average molecular weight is 522 g/mol. The van der Waals surface area contributed by atoms with Gasteiger partial charge in [0, 0.05) is 6.42 Å². The number of nitrogen functional groups attached to an aromatic ring is 1. The van der Waals surface area contributed by atoms with E-state index in [0.717, 1.165) is 10.8 Å². The van der Waals surface area contributed by atoms with Crippen LogP contribution in [0.5, 0.6) is 0 Å². The van der Waals surface area contributed by atoms with E-state index in [1.165, 1.54) is 19.1 Å². The molecule has 180 valence electrons. The van der Waals surface area contributed by atoms with Gasteiger partial charge in [-0.15, -0.1) is 0 Å². The SMILES string of the molecule is CC[C@]1(OP(=O)(O)OP(=O)(O)OP(=O)(O)O)O[C@@H](c2ccc3c(N)ncnn23)[C@H](F)[C@@H]1O. The van der Waals surface area contributed by atoms with E-state index in [-0.39, 0.29) is 17.0 Å². The van der Waals surface area contributed by atoms with Gasteiger partial charge in [-0.1, -0.05) is 6.92 Å². The smallest absolute Gasteiger partial charge is 0.384 e. The zero-order valence-electron chi connectivity index (χ0n) is 15.9. The molecule has 0 bridgehead atoms. The van der Waals surface area contributed by atoms with Gasteiger partial charge in [-0.05, 0) is 12.1 Å². The van der Waals surface area contributed by atoms with Crippen LogP contribution in [0.25, 0.3) is 5.52 Å². The van der Waals surface area contributed by atoms with Gasteiger partial charge in [-0.3, -0.25) is 4.52 Å². The van der Waals surface area contributed by atoms with Crippen molar-refractivity contribution in [3.63, 3.8) is 0 Å². The van der Waals surface area contributed by atoms with Crippen LogP contribution in [0.15, 0.2) is 18.5 Å². The molecule has 2 aromatic rings. The molecule has 1 fully saturated rings. The fourth-order valence-electron chi connectivity index (χ4n) is 3.09. The number of ether oxygens (including phenoxy) is 1. The molecule has 0 aromatic carbocycles. The Balaban J connectivity index is 1.90. The number of hydrogen-bond donors (Lipinski definition) is 6. The molecule has 0 amide bonds. The van der Waals surface area contributed by atoms with Crippen molar-refractivity contribution in [3.05, 3.63) is 24.2 Å². The summed E-state index contributed by atoms with van der Waals surface area (Å²) in [6, 6.07) is 2.78. The molecule has 1 saturated heterocycles. The van der Waals surface area contributed by atoms with Crippen LogP contribution in [0.1, 0.15) is 25.1 Å². The molecule has 3 heterocycles. The molecule has 0 radical (unpaired) electrons. The zero-order valence-corrected chi connectivity index (χ0v) is 18.6. The maximum atomic E-state index is 15.0. The van der Waals surface area contributed by atoms with Gasteiger partial charge < -0.3 is 35.2 Å². The quantitative estimate of drug-likeness (QED) is 0.259. The minimum Gasteiger partial charge on any atom is -0.384 e. The van der Waals surface area contributed by atoms with Gasteiger partial charge in [-0.2, -0.15) is 13.7 Å². The predicted molar refractivity (Wildman–Crippen MR) is 100 cm³/mol. The molecule has 1 aliphatic heterocycles.